The summed E-state index contributed by atoms with van der Waals surface area (Å²) >= 11 is 9.79. The third-order valence-electron chi connectivity index (χ3n) is 3.05. The van der Waals surface area contributed by atoms with Crippen molar-refractivity contribution in [2.45, 2.75) is 6.04 Å². The predicted octanol–water partition coefficient (Wildman–Crippen LogP) is 0.0772. The highest BCUT2D eigenvalue weighted by Gasteiger charge is 2.28. The highest BCUT2D eigenvalue weighted by molar-refractivity contribution is 7.80. The van der Waals surface area contributed by atoms with Crippen molar-refractivity contribution in [3.05, 3.63) is 41.1 Å². The number of thiocarbonyl (C=S) groups is 2. The molecule has 2 amide bonds. The van der Waals surface area contributed by atoms with Crippen LogP contribution in [0.4, 0.5) is 0 Å². The fourth-order valence-electron chi connectivity index (χ4n) is 2.13. The van der Waals surface area contributed by atoms with E-state index in [9.17, 15) is 9.59 Å². The van der Waals surface area contributed by atoms with Crippen LogP contribution in [-0.2, 0) is 9.59 Å². The average molecular weight is 318 g/mol. The zero-order chi connectivity index (χ0) is 15.0. The lowest BCUT2D eigenvalue weighted by Crippen LogP contribution is -2.21. The van der Waals surface area contributed by atoms with Gasteiger partial charge in [0.25, 0.3) is 11.8 Å². The molecule has 8 heteroatoms. The van der Waals surface area contributed by atoms with Crippen LogP contribution in [0, 0.1) is 0 Å². The van der Waals surface area contributed by atoms with Crippen LogP contribution in [0.25, 0.3) is 6.08 Å². The normalized spacial score (nSPS) is 22.9. The molecular weight excluding hydrogens is 308 g/mol. The molecule has 0 bridgehead atoms. The number of hydrogen-bond acceptors (Lipinski definition) is 4. The molecule has 1 aromatic carbocycles. The van der Waals surface area contributed by atoms with Crippen LogP contribution >= 0.6 is 24.4 Å². The number of rotatable bonds is 2. The standard InChI is InChI=1S/C13H10N4O2S2/c18-10-8(14-12(20)16-10)5-6-2-1-3-7(4-6)9-11(19)17-13(21)15-9/h1-5,9H,(H2,14,16,18,20)(H2,15,17,19,21)/b8-5-. The minimum atomic E-state index is -0.512. The second-order valence-corrected chi connectivity index (χ2v) is 5.35. The van der Waals surface area contributed by atoms with Crippen LogP contribution in [0.1, 0.15) is 17.2 Å². The molecule has 6 nitrogen and oxygen atoms in total. The summed E-state index contributed by atoms with van der Waals surface area (Å²) < 4.78 is 0. The lowest BCUT2D eigenvalue weighted by Gasteiger charge is -2.08. The molecule has 2 fully saturated rings. The third kappa shape index (κ3) is 2.76. The lowest BCUT2D eigenvalue weighted by molar-refractivity contribution is -0.120. The highest BCUT2D eigenvalue weighted by Crippen LogP contribution is 2.19. The molecule has 2 aliphatic rings. The molecule has 0 saturated carbocycles. The van der Waals surface area contributed by atoms with Gasteiger partial charge in [0.1, 0.15) is 11.7 Å². The largest absolute Gasteiger partial charge is 0.347 e. The first-order chi connectivity index (χ1) is 10.0. The first-order valence-electron chi connectivity index (χ1n) is 6.08. The van der Waals surface area contributed by atoms with Gasteiger partial charge in [-0.15, -0.1) is 0 Å². The van der Waals surface area contributed by atoms with E-state index in [0.29, 0.717) is 10.8 Å². The number of nitrogens with one attached hydrogen (secondary N) is 4. The maximum Gasteiger partial charge on any atom is 0.273 e. The Hall–Kier alpha value is -2.32. The van der Waals surface area contributed by atoms with Gasteiger partial charge in [0.2, 0.25) is 0 Å². The molecule has 1 atom stereocenters. The van der Waals surface area contributed by atoms with Gasteiger partial charge in [0.15, 0.2) is 10.2 Å². The van der Waals surface area contributed by atoms with Gasteiger partial charge in [-0.25, -0.2) is 0 Å². The van der Waals surface area contributed by atoms with E-state index in [1.165, 1.54) is 0 Å². The van der Waals surface area contributed by atoms with Crippen molar-refractivity contribution in [3.63, 3.8) is 0 Å². The highest BCUT2D eigenvalue weighted by atomic mass is 32.1. The predicted molar refractivity (Wildman–Crippen MR) is 84.9 cm³/mol. The van der Waals surface area contributed by atoms with Crippen LogP contribution < -0.4 is 21.3 Å². The van der Waals surface area contributed by atoms with Crippen LogP contribution in [0.15, 0.2) is 30.0 Å². The number of hydrogen-bond donors (Lipinski definition) is 4. The molecule has 106 valence electrons. The second-order valence-electron chi connectivity index (χ2n) is 4.53. The van der Waals surface area contributed by atoms with Crippen molar-refractivity contribution in [1.29, 1.82) is 0 Å². The van der Waals surface area contributed by atoms with Crippen molar-refractivity contribution < 1.29 is 9.59 Å². The van der Waals surface area contributed by atoms with E-state index < -0.39 is 6.04 Å². The van der Waals surface area contributed by atoms with Gasteiger partial charge in [-0.2, -0.15) is 0 Å². The van der Waals surface area contributed by atoms with Crippen molar-refractivity contribution in [3.8, 4) is 0 Å². The summed E-state index contributed by atoms with van der Waals surface area (Å²) in [6.07, 6.45) is 1.67. The van der Waals surface area contributed by atoms with Crippen LogP contribution in [0.3, 0.4) is 0 Å². The monoisotopic (exact) mass is 318 g/mol. The van der Waals surface area contributed by atoms with Crippen LogP contribution in [0.5, 0.6) is 0 Å². The van der Waals surface area contributed by atoms with Gasteiger partial charge in [0.05, 0.1) is 0 Å². The first-order valence-corrected chi connectivity index (χ1v) is 6.90. The van der Waals surface area contributed by atoms with E-state index >= 15 is 0 Å². The van der Waals surface area contributed by atoms with Crippen molar-refractivity contribution in [1.82, 2.24) is 21.3 Å². The lowest BCUT2D eigenvalue weighted by atomic mass is 10.0. The van der Waals surface area contributed by atoms with E-state index in [0.717, 1.165) is 11.1 Å². The smallest absolute Gasteiger partial charge is 0.273 e. The molecule has 4 N–H and O–H groups in total. The molecule has 2 aliphatic heterocycles. The Morgan fingerprint density at radius 2 is 1.86 bits per heavy atom. The number of benzene rings is 1. The van der Waals surface area contributed by atoms with E-state index in [1.807, 2.05) is 24.3 Å². The molecule has 3 rings (SSSR count). The summed E-state index contributed by atoms with van der Waals surface area (Å²) in [5, 5.41) is 11.3. The Morgan fingerprint density at radius 3 is 2.48 bits per heavy atom. The molecule has 0 aromatic heterocycles. The van der Waals surface area contributed by atoms with Gasteiger partial charge >= 0.3 is 0 Å². The summed E-state index contributed by atoms with van der Waals surface area (Å²) in [7, 11) is 0. The summed E-state index contributed by atoms with van der Waals surface area (Å²) in [5.74, 6) is -0.467. The first kappa shape index (κ1) is 13.7. The van der Waals surface area contributed by atoms with E-state index in [1.54, 1.807) is 6.08 Å². The van der Waals surface area contributed by atoms with Crippen molar-refractivity contribution in [2.24, 2.45) is 0 Å². The Bertz CT molecular complexity index is 714. The number of carbonyl (C=O) groups excluding carboxylic acids is 2. The third-order valence-corrected chi connectivity index (χ3v) is 3.47. The Labute approximate surface area is 131 Å². The van der Waals surface area contributed by atoms with E-state index in [-0.39, 0.29) is 16.9 Å². The fraction of sp³-hybridized carbons (Fsp3) is 0.0769. The zero-order valence-electron chi connectivity index (χ0n) is 10.6. The maximum atomic E-state index is 11.8. The summed E-state index contributed by atoms with van der Waals surface area (Å²) in [6, 6.07) is 6.76. The van der Waals surface area contributed by atoms with Gasteiger partial charge in [-0.1, -0.05) is 18.2 Å². The summed E-state index contributed by atoms with van der Waals surface area (Å²) in [6.45, 7) is 0. The number of amides is 2. The molecule has 1 unspecified atom stereocenters. The molecule has 0 aliphatic carbocycles. The Kier molecular flexibility index (Phi) is 3.40. The molecule has 0 spiro atoms. The second kappa shape index (κ2) is 5.23. The SMILES string of the molecule is O=C1NC(=S)N/C1=C\c1cccc(C2NC(=S)NC2=O)c1. The van der Waals surface area contributed by atoms with Gasteiger partial charge in [0, 0.05) is 0 Å². The fourth-order valence-corrected chi connectivity index (χ4v) is 2.55. The van der Waals surface area contributed by atoms with E-state index in [2.05, 4.69) is 21.3 Å². The van der Waals surface area contributed by atoms with Crippen molar-refractivity contribution in [2.75, 3.05) is 0 Å². The molecule has 21 heavy (non-hydrogen) atoms. The average Bonchev–Trinajstić information content (AvgIpc) is 2.92. The zero-order valence-corrected chi connectivity index (χ0v) is 12.2. The topological polar surface area (TPSA) is 82.3 Å². The Morgan fingerprint density at radius 1 is 1.05 bits per heavy atom. The van der Waals surface area contributed by atoms with Gasteiger partial charge in [-0.05, 0) is 47.7 Å². The molecular formula is C13H10N4O2S2. The molecule has 2 saturated heterocycles. The van der Waals surface area contributed by atoms with Crippen LogP contribution in [-0.4, -0.2) is 22.0 Å². The van der Waals surface area contributed by atoms with Crippen LogP contribution in [0.2, 0.25) is 0 Å². The maximum absolute atomic E-state index is 11.8. The van der Waals surface area contributed by atoms with Gasteiger partial charge < -0.3 is 16.0 Å². The quantitative estimate of drug-likeness (QED) is 0.457. The minimum absolute atomic E-state index is 0.192. The number of carbonyl (C=O) groups is 2. The van der Waals surface area contributed by atoms with Gasteiger partial charge in [-0.3, -0.25) is 14.9 Å². The summed E-state index contributed by atoms with van der Waals surface area (Å²) in [5.41, 5.74) is 1.92. The molecule has 1 aromatic rings. The molecule has 0 radical (unpaired) electrons. The molecule has 2 heterocycles. The Balaban J connectivity index is 1.89. The van der Waals surface area contributed by atoms with E-state index in [4.69, 9.17) is 24.4 Å². The van der Waals surface area contributed by atoms with Crippen molar-refractivity contribution >= 4 is 52.6 Å². The minimum Gasteiger partial charge on any atom is -0.347 e. The summed E-state index contributed by atoms with van der Waals surface area (Å²) in [4.78, 5) is 23.4.